The zero-order chi connectivity index (χ0) is 12.8. The number of hydrogen-bond acceptors (Lipinski definition) is 4. The Morgan fingerprint density at radius 1 is 1.39 bits per heavy atom. The highest BCUT2D eigenvalue weighted by molar-refractivity contribution is 7.98. The Morgan fingerprint density at radius 2 is 2.17 bits per heavy atom. The molecule has 0 unspecified atom stereocenters. The van der Waals surface area contributed by atoms with Crippen LogP contribution in [0.2, 0.25) is 0 Å². The molecule has 4 heteroatoms. The van der Waals surface area contributed by atoms with Gasteiger partial charge in [-0.05, 0) is 44.3 Å². The Hall–Kier alpha value is -1.18. The van der Waals surface area contributed by atoms with Crippen LogP contribution in [-0.4, -0.2) is 37.4 Å². The van der Waals surface area contributed by atoms with E-state index in [9.17, 15) is 5.26 Å². The first-order chi connectivity index (χ1) is 8.85. The fourth-order valence-corrected chi connectivity index (χ4v) is 2.77. The molecule has 1 fully saturated rings. The highest BCUT2D eigenvalue weighted by Crippen LogP contribution is 2.27. The van der Waals surface area contributed by atoms with Crippen molar-refractivity contribution >= 4 is 11.8 Å². The molecule has 1 aliphatic heterocycles. The van der Waals surface area contributed by atoms with E-state index in [1.165, 1.54) is 25.9 Å². The minimum absolute atomic E-state index is 0.659. The summed E-state index contributed by atoms with van der Waals surface area (Å²) in [6.45, 7) is 3.97. The normalized spacial score (nSPS) is 15.6. The molecule has 0 atom stereocenters. The highest BCUT2D eigenvalue weighted by atomic mass is 32.2. The lowest BCUT2D eigenvalue weighted by Gasteiger charge is -2.15. The molecule has 96 valence electrons. The van der Waals surface area contributed by atoms with Crippen molar-refractivity contribution in [3.63, 3.8) is 0 Å². The Bertz CT molecular complexity index is 436. The van der Waals surface area contributed by atoms with Gasteiger partial charge in [-0.3, -0.25) is 4.90 Å². The van der Waals surface area contributed by atoms with Crippen LogP contribution in [0.25, 0.3) is 0 Å². The van der Waals surface area contributed by atoms with Gasteiger partial charge in [0.2, 0.25) is 0 Å². The number of nitriles is 1. The molecule has 0 aliphatic carbocycles. The monoisotopic (exact) mass is 262 g/mol. The molecule has 0 N–H and O–H groups in total. The second-order valence-electron chi connectivity index (χ2n) is 4.34. The maximum atomic E-state index is 9.19. The number of rotatable bonds is 5. The van der Waals surface area contributed by atoms with Crippen LogP contribution in [0.15, 0.2) is 23.1 Å². The van der Waals surface area contributed by atoms with Gasteiger partial charge in [0, 0.05) is 11.4 Å². The zero-order valence-electron chi connectivity index (χ0n) is 10.7. The van der Waals surface area contributed by atoms with E-state index in [1.54, 1.807) is 11.8 Å². The summed E-state index contributed by atoms with van der Waals surface area (Å²) in [6.07, 6.45) is 4.57. The van der Waals surface area contributed by atoms with Crippen molar-refractivity contribution in [1.82, 2.24) is 4.90 Å². The quantitative estimate of drug-likeness (QED) is 0.765. The van der Waals surface area contributed by atoms with Crippen LogP contribution >= 0.6 is 11.8 Å². The van der Waals surface area contributed by atoms with Crippen molar-refractivity contribution in [2.24, 2.45) is 0 Å². The Kier molecular flexibility index (Phi) is 4.91. The lowest BCUT2D eigenvalue weighted by molar-refractivity contribution is 0.237. The Labute approximate surface area is 113 Å². The molecule has 0 radical (unpaired) electrons. The van der Waals surface area contributed by atoms with Crippen molar-refractivity contribution in [1.29, 1.82) is 5.26 Å². The molecule has 1 heterocycles. The molecule has 0 amide bonds. The van der Waals surface area contributed by atoms with Gasteiger partial charge in [-0.25, -0.2) is 0 Å². The molecule has 0 bridgehead atoms. The molecule has 18 heavy (non-hydrogen) atoms. The summed E-state index contributed by atoms with van der Waals surface area (Å²) in [5.41, 5.74) is 0.659. The zero-order valence-corrected chi connectivity index (χ0v) is 11.5. The minimum atomic E-state index is 0.659. The second-order valence-corrected chi connectivity index (χ2v) is 5.19. The number of thioether (sulfide) groups is 1. The summed E-state index contributed by atoms with van der Waals surface area (Å²) in [6, 6.07) is 8.01. The molecule has 1 aromatic rings. The smallest absolute Gasteiger partial charge is 0.138 e. The van der Waals surface area contributed by atoms with Gasteiger partial charge < -0.3 is 4.74 Å². The largest absolute Gasteiger partial charge is 0.491 e. The Morgan fingerprint density at radius 3 is 2.83 bits per heavy atom. The Balaban J connectivity index is 1.94. The lowest BCUT2D eigenvalue weighted by Crippen LogP contribution is -2.25. The van der Waals surface area contributed by atoms with Gasteiger partial charge in [0.1, 0.15) is 24.0 Å². The molecule has 1 aromatic carbocycles. The van der Waals surface area contributed by atoms with E-state index in [4.69, 9.17) is 4.74 Å². The standard InChI is InChI=1S/C14H18N2OS/c1-18-14-6-4-5-13(12(14)11-15)17-10-9-16-7-2-3-8-16/h4-6H,2-3,7-10H2,1H3. The van der Waals surface area contributed by atoms with Crippen LogP contribution in [-0.2, 0) is 0 Å². The van der Waals surface area contributed by atoms with Gasteiger partial charge in [-0.1, -0.05) is 6.07 Å². The molecule has 0 spiro atoms. The van der Waals surface area contributed by atoms with Gasteiger partial charge in [-0.2, -0.15) is 5.26 Å². The van der Waals surface area contributed by atoms with Gasteiger partial charge in [0.15, 0.2) is 0 Å². The van der Waals surface area contributed by atoms with E-state index in [0.717, 1.165) is 11.4 Å². The predicted molar refractivity (Wildman–Crippen MR) is 74.1 cm³/mol. The van der Waals surface area contributed by atoms with Gasteiger partial charge >= 0.3 is 0 Å². The molecule has 3 nitrogen and oxygen atoms in total. The highest BCUT2D eigenvalue weighted by Gasteiger charge is 2.12. The number of likely N-dealkylation sites (tertiary alicyclic amines) is 1. The molecule has 0 aromatic heterocycles. The van der Waals surface area contributed by atoms with E-state index >= 15 is 0 Å². The van der Waals surface area contributed by atoms with Crippen molar-refractivity contribution in [2.75, 3.05) is 32.5 Å². The average molecular weight is 262 g/mol. The SMILES string of the molecule is CSc1cccc(OCCN2CCCC2)c1C#N. The molecule has 0 saturated carbocycles. The molecular weight excluding hydrogens is 244 g/mol. The van der Waals surface area contributed by atoms with Crippen LogP contribution in [0.5, 0.6) is 5.75 Å². The number of benzene rings is 1. The maximum absolute atomic E-state index is 9.19. The van der Waals surface area contributed by atoms with Gasteiger partial charge in [0.05, 0.1) is 0 Å². The van der Waals surface area contributed by atoms with Crippen molar-refractivity contribution in [2.45, 2.75) is 17.7 Å². The second kappa shape index (κ2) is 6.67. The van der Waals surface area contributed by atoms with Crippen LogP contribution in [0, 0.1) is 11.3 Å². The fraction of sp³-hybridized carbons (Fsp3) is 0.500. The minimum Gasteiger partial charge on any atom is -0.491 e. The molecule has 1 aliphatic rings. The van der Waals surface area contributed by atoms with E-state index < -0.39 is 0 Å². The van der Waals surface area contributed by atoms with Crippen LogP contribution < -0.4 is 4.74 Å². The molecular formula is C14H18N2OS. The third kappa shape index (κ3) is 3.18. The summed E-state index contributed by atoms with van der Waals surface area (Å²) >= 11 is 1.58. The predicted octanol–water partition coefficient (Wildman–Crippen LogP) is 2.75. The fourth-order valence-electron chi connectivity index (χ4n) is 2.20. The lowest BCUT2D eigenvalue weighted by atomic mass is 10.2. The van der Waals surface area contributed by atoms with Gasteiger partial charge in [-0.15, -0.1) is 11.8 Å². The van der Waals surface area contributed by atoms with E-state index in [0.29, 0.717) is 17.9 Å². The van der Waals surface area contributed by atoms with Gasteiger partial charge in [0.25, 0.3) is 0 Å². The number of nitrogens with zero attached hydrogens (tertiary/aromatic N) is 2. The van der Waals surface area contributed by atoms with E-state index in [2.05, 4.69) is 11.0 Å². The maximum Gasteiger partial charge on any atom is 0.138 e. The van der Waals surface area contributed by atoms with Crippen molar-refractivity contribution in [3.05, 3.63) is 23.8 Å². The summed E-state index contributed by atoms with van der Waals surface area (Å²) in [4.78, 5) is 3.39. The van der Waals surface area contributed by atoms with Crippen LogP contribution in [0.1, 0.15) is 18.4 Å². The van der Waals surface area contributed by atoms with Crippen LogP contribution in [0.3, 0.4) is 0 Å². The first-order valence-corrected chi connectivity index (χ1v) is 7.50. The van der Waals surface area contributed by atoms with E-state index in [1.807, 2.05) is 24.5 Å². The van der Waals surface area contributed by atoms with E-state index in [-0.39, 0.29) is 0 Å². The topological polar surface area (TPSA) is 36.3 Å². The summed E-state index contributed by atoms with van der Waals surface area (Å²) in [5.74, 6) is 0.712. The average Bonchev–Trinajstić information content (AvgIpc) is 2.91. The van der Waals surface area contributed by atoms with Crippen molar-refractivity contribution in [3.8, 4) is 11.8 Å². The number of hydrogen-bond donors (Lipinski definition) is 0. The summed E-state index contributed by atoms with van der Waals surface area (Å²) in [7, 11) is 0. The molecule has 1 saturated heterocycles. The summed E-state index contributed by atoms with van der Waals surface area (Å²) < 4.78 is 5.75. The molecule has 2 rings (SSSR count). The summed E-state index contributed by atoms with van der Waals surface area (Å²) in [5, 5.41) is 9.19. The third-order valence-electron chi connectivity index (χ3n) is 3.18. The number of ether oxygens (including phenoxy) is 1. The first-order valence-electron chi connectivity index (χ1n) is 6.27. The third-order valence-corrected chi connectivity index (χ3v) is 3.96. The van der Waals surface area contributed by atoms with Crippen LogP contribution in [0.4, 0.5) is 0 Å². The first kappa shape index (κ1) is 13.3. The van der Waals surface area contributed by atoms with Crippen molar-refractivity contribution < 1.29 is 4.74 Å².